The minimum absolute atomic E-state index is 0.141. The predicted octanol–water partition coefficient (Wildman–Crippen LogP) is 3.56. The average molecular weight is 446 g/mol. The summed E-state index contributed by atoms with van der Waals surface area (Å²) in [7, 11) is 0. The Bertz CT molecular complexity index is 1040. The van der Waals surface area contributed by atoms with Crippen molar-refractivity contribution in [1.82, 2.24) is 20.1 Å². The Labute approximate surface area is 184 Å². The van der Waals surface area contributed by atoms with Gasteiger partial charge in [-0.1, -0.05) is 23.2 Å². The SMILES string of the molecule is NC(=O)CNC(=O)CCCCc1cc(-c2cccnc2)nn1-c1ccc(Cl)c(Cl)c1. The van der Waals surface area contributed by atoms with Gasteiger partial charge in [0.15, 0.2) is 0 Å². The van der Waals surface area contributed by atoms with E-state index in [4.69, 9.17) is 34.0 Å². The highest BCUT2D eigenvalue weighted by Crippen LogP contribution is 2.27. The van der Waals surface area contributed by atoms with Crippen LogP contribution in [0.3, 0.4) is 0 Å². The minimum Gasteiger partial charge on any atom is -0.368 e. The van der Waals surface area contributed by atoms with Gasteiger partial charge < -0.3 is 11.1 Å². The number of amides is 2. The Morgan fingerprint density at radius 3 is 2.63 bits per heavy atom. The molecule has 0 bridgehead atoms. The summed E-state index contributed by atoms with van der Waals surface area (Å²) < 4.78 is 1.83. The van der Waals surface area contributed by atoms with Crippen molar-refractivity contribution in [2.75, 3.05) is 6.54 Å². The third-order valence-electron chi connectivity index (χ3n) is 4.43. The van der Waals surface area contributed by atoms with Crippen LogP contribution in [-0.4, -0.2) is 33.1 Å². The van der Waals surface area contributed by atoms with E-state index >= 15 is 0 Å². The zero-order valence-corrected chi connectivity index (χ0v) is 17.7. The number of nitrogens with two attached hydrogens (primary N) is 1. The fourth-order valence-corrected chi connectivity index (χ4v) is 3.25. The summed E-state index contributed by atoms with van der Waals surface area (Å²) in [6.45, 7) is -0.141. The first kappa shape index (κ1) is 21.8. The molecule has 0 unspecified atom stereocenters. The smallest absolute Gasteiger partial charge is 0.236 e. The monoisotopic (exact) mass is 445 g/mol. The number of benzene rings is 1. The third-order valence-corrected chi connectivity index (χ3v) is 5.17. The van der Waals surface area contributed by atoms with E-state index in [0.717, 1.165) is 29.1 Å². The number of primary amides is 1. The van der Waals surface area contributed by atoms with E-state index in [9.17, 15) is 9.59 Å². The lowest BCUT2D eigenvalue weighted by molar-refractivity contribution is -0.124. The van der Waals surface area contributed by atoms with Gasteiger partial charge in [-0.3, -0.25) is 14.6 Å². The van der Waals surface area contributed by atoms with Gasteiger partial charge in [0.2, 0.25) is 11.8 Å². The first-order chi connectivity index (χ1) is 14.4. The Hall–Kier alpha value is -2.90. The fourth-order valence-electron chi connectivity index (χ4n) is 2.96. The zero-order chi connectivity index (χ0) is 21.5. The Morgan fingerprint density at radius 2 is 1.93 bits per heavy atom. The molecule has 9 heteroatoms. The molecule has 3 N–H and O–H groups in total. The summed E-state index contributed by atoms with van der Waals surface area (Å²) >= 11 is 12.2. The molecule has 0 aliphatic carbocycles. The molecule has 7 nitrogen and oxygen atoms in total. The van der Waals surface area contributed by atoms with Crippen LogP contribution >= 0.6 is 23.2 Å². The van der Waals surface area contributed by atoms with Crippen LogP contribution in [0.2, 0.25) is 10.0 Å². The number of pyridine rings is 1. The molecule has 3 rings (SSSR count). The number of carbonyl (C=O) groups excluding carboxylic acids is 2. The van der Waals surface area contributed by atoms with Crippen LogP contribution in [0.5, 0.6) is 0 Å². The van der Waals surface area contributed by atoms with Gasteiger partial charge in [0.1, 0.15) is 0 Å². The van der Waals surface area contributed by atoms with Crippen molar-refractivity contribution >= 4 is 35.0 Å². The molecule has 30 heavy (non-hydrogen) atoms. The number of aryl methyl sites for hydroxylation is 1. The maximum atomic E-state index is 11.7. The van der Waals surface area contributed by atoms with E-state index < -0.39 is 5.91 Å². The highest BCUT2D eigenvalue weighted by Gasteiger charge is 2.13. The summed E-state index contributed by atoms with van der Waals surface area (Å²) in [6.07, 6.45) is 5.93. The third kappa shape index (κ3) is 5.81. The normalized spacial score (nSPS) is 10.7. The van der Waals surface area contributed by atoms with Crippen LogP contribution in [0.1, 0.15) is 25.0 Å². The molecular weight excluding hydrogens is 425 g/mol. The average Bonchev–Trinajstić information content (AvgIpc) is 3.16. The quantitative estimate of drug-likeness (QED) is 0.491. The first-order valence-electron chi connectivity index (χ1n) is 9.44. The number of carbonyl (C=O) groups is 2. The summed E-state index contributed by atoms with van der Waals surface area (Å²) in [5, 5.41) is 8.14. The molecule has 0 aliphatic rings. The lowest BCUT2D eigenvalue weighted by atomic mass is 10.1. The molecule has 2 amide bonds. The van der Waals surface area contributed by atoms with Gasteiger partial charge in [0.05, 0.1) is 28.0 Å². The summed E-state index contributed by atoms with van der Waals surface area (Å²) in [6, 6.07) is 11.2. The minimum atomic E-state index is -0.559. The first-order valence-corrected chi connectivity index (χ1v) is 10.2. The van der Waals surface area contributed by atoms with Crippen LogP contribution in [0.4, 0.5) is 0 Å². The summed E-state index contributed by atoms with van der Waals surface area (Å²) in [5.74, 6) is -0.750. The molecule has 2 aromatic heterocycles. The Kier molecular flexibility index (Phi) is 7.43. The number of hydrogen-bond donors (Lipinski definition) is 2. The van der Waals surface area contributed by atoms with Crippen molar-refractivity contribution in [2.45, 2.75) is 25.7 Å². The van der Waals surface area contributed by atoms with Crippen molar-refractivity contribution in [2.24, 2.45) is 5.73 Å². The molecule has 0 spiro atoms. The van der Waals surface area contributed by atoms with Crippen LogP contribution in [0.15, 0.2) is 48.8 Å². The maximum Gasteiger partial charge on any atom is 0.236 e. The summed E-state index contributed by atoms with van der Waals surface area (Å²) in [5.41, 5.74) is 8.51. The van der Waals surface area contributed by atoms with Gasteiger partial charge in [0.25, 0.3) is 0 Å². The Morgan fingerprint density at radius 1 is 1.10 bits per heavy atom. The molecular formula is C21H21Cl2N5O2. The van der Waals surface area contributed by atoms with E-state index in [0.29, 0.717) is 29.3 Å². The van der Waals surface area contributed by atoms with Crippen molar-refractivity contribution in [3.8, 4) is 16.9 Å². The lowest BCUT2D eigenvalue weighted by Crippen LogP contribution is -2.33. The molecule has 0 fully saturated rings. The maximum absolute atomic E-state index is 11.7. The highest BCUT2D eigenvalue weighted by atomic mass is 35.5. The molecule has 1 aromatic carbocycles. The van der Waals surface area contributed by atoms with E-state index in [1.807, 2.05) is 28.9 Å². The van der Waals surface area contributed by atoms with E-state index in [-0.39, 0.29) is 12.5 Å². The van der Waals surface area contributed by atoms with E-state index in [1.165, 1.54) is 0 Å². The highest BCUT2D eigenvalue weighted by molar-refractivity contribution is 6.42. The molecule has 156 valence electrons. The van der Waals surface area contributed by atoms with Crippen LogP contribution < -0.4 is 11.1 Å². The second kappa shape index (κ2) is 10.2. The van der Waals surface area contributed by atoms with Gasteiger partial charge in [-0.25, -0.2) is 4.68 Å². The topological polar surface area (TPSA) is 103 Å². The second-order valence-corrected chi connectivity index (χ2v) is 7.54. The van der Waals surface area contributed by atoms with E-state index in [1.54, 1.807) is 24.5 Å². The molecule has 0 saturated carbocycles. The number of unbranched alkanes of at least 4 members (excludes halogenated alkanes) is 1. The second-order valence-electron chi connectivity index (χ2n) is 6.72. The molecule has 3 aromatic rings. The molecule has 0 atom stereocenters. The van der Waals surface area contributed by atoms with Gasteiger partial charge in [-0.2, -0.15) is 5.10 Å². The summed E-state index contributed by atoms with van der Waals surface area (Å²) in [4.78, 5) is 26.6. The van der Waals surface area contributed by atoms with Crippen molar-refractivity contribution < 1.29 is 9.59 Å². The van der Waals surface area contributed by atoms with Crippen molar-refractivity contribution in [3.05, 3.63) is 64.5 Å². The zero-order valence-electron chi connectivity index (χ0n) is 16.1. The van der Waals surface area contributed by atoms with Crippen LogP contribution in [0, 0.1) is 0 Å². The number of hydrogen-bond acceptors (Lipinski definition) is 4. The van der Waals surface area contributed by atoms with Gasteiger partial charge in [0, 0.05) is 30.1 Å². The van der Waals surface area contributed by atoms with Crippen LogP contribution in [-0.2, 0) is 16.0 Å². The Balaban J connectivity index is 1.75. The number of aromatic nitrogens is 3. The number of nitrogens with zero attached hydrogens (tertiary/aromatic N) is 3. The predicted molar refractivity (Wildman–Crippen MR) is 117 cm³/mol. The van der Waals surface area contributed by atoms with Gasteiger partial charge in [-0.05, 0) is 55.7 Å². The number of halogens is 2. The fraction of sp³-hybridized carbons (Fsp3) is 0.238. The van der Waals surface area contributed by atoms with Crippen molar-refractivity contribution in [1.29, 1.82) is 0 Å². The number of nitrogens with one attached hydrogen (secondary N) is 1. The van der Waals surface area contributed by atoms with Crippen LogP contribution in [0.25, 0.3) is 16.9 Å². The van der Waals surface area contributed by atoms with Gasteiger partial charge >= 0.3 is 0 Å². The molecule has 0 aliphatic heterocycles. The lowest BCUT2D eigenvalue weighted by Gasteiger charge is -2.09. The standard InChI is InChI=1S/C21H21Cl2N5O2/c22-17-8-7-16(10-18(17)23)28-15(5-1-2-6-21(30)26-13-20(24)29)11-19(27-28)14-4-3-9-25-12-14/h3-4,7-12H,1-2,5-6,13H2,(H2,24,29)(H,26,30). The van der Waals surface area contributed by atoms with E-state index in [2.05, 4.69) is 10.3 Å². The molecule has 0 saturated heterocycles. The van der Waals surface area contributed by atoms with Crippen molar-refractivity contribution in [3.63, 3.8) is 0 Å². The van der Waals surface area contributed by atoms with Gasteiger partial charge in [-0.15, -0.1) is 0 Å². The number of rotatable bonds is 9. The largest absolute Gasteiger partial charge is 0.368 e. The molecule has 0 radical (unpaired) electrons. The molecule has 2 heterocycles.